The van der Waals surface area contributed by atoms with Crippen LogP contribution in [-0.4, -0.2) is 55.3 Å². The molecule has 0 bridgehead atoms. The Bertz CT molecular complexity index is 2130. The highest BCUT2D eigenvalue weighted by atomic mass is 32.2. The van der Waals surface area contributed by atoms with Crippen LogP contribution < -0.4 is 20.7 Å². The number of rotatable bonds is 9. The highest BCUT2D eigenvalue weighted by Gasteiger charge is 2.46. The van der Waals surface area contributed by atoms with Gasteiger partial charge in [-0.05, 0) is 80.1 Å². The van der Waals surface area contributed by atoms with Crippen molar-refractivity contribution < 1.29 is 31.9 Å². The van der Waals surface area contributed by atoms with Gasteiger partial charge in [0.1, 0.15) is 17.1 Å². The molecule has 13 heteroatoms. The van der Waals surface area contributed by atoms with Crippen LogP contribution in [0.2, 0.25) is 0 Å². The molecule has 2 saturated carbocycles. The monoisotopic (exact) mass is 671 g/mol. The van der Waals surface area contributed by atoms with Crippen molar-refractivity contribution in [3.8, 4) is 17.6 Å². The Balaban J connectivity index is 1.08. The number of carbonyl (C=O) groups is 3. The maximum absolute atomic E-state index is 14.3. The summed E-state index contributed by atoms with van der Waals surface area (Å²) >= 11 is 0. The fourth-order valence-corrected chi connectivity index (χ4v) is 6.07. The highest BCUT2D eigenvalue weighted by molar-refractivity contribution is 7.90. The number of fused-ring (bicyclic) bond motifs is 1. The molecule has 0 radical (unpaired) electrons. The number of amides is 3. The van der Waals surface area contributed by atoms with Gasteiger partial charge < -0.3 is 20.7 Å². The van der Waals surface area contributed by atoms with E-state index in [9.17, 15) is 27.2 Å². The van der Waals surface area contributed by atoms with Gasteiger partial charge in [0.05, 0.1) is 35.2 Å². The lowest BCUT2D eigenvalue weighted by molar-refractivity contribution is -0.139. The third kappa shape index (κ3) is 7.03. The molecule has 0 spiro atoms. The standard InChI is InChI=1S/C35H34FN5O6S/c1-21(8-9-22-10-13-27(18-29(22)36)48(3,45)46)38-34(44)33(43)37-19-23-6-4-5-7-28(23)32(42)39-35(14-15-35)25-16-24-20-41(26-11-12-26)40-31(24)30(17-25)47-2/h4-7,10,13,16-18,20-21,26H,11-12,14-15,19H2,1-3H3,(H,37,43)(H,38,44)(H,39,42)/t21-/m0/s1. The molecular formula is C35H34FN5O6S. The number of halogens is 1. The third-order valence-corrected chi connectivity index (χ3v) is 9.55. The number of sulfone groups is 1. The Labute approximate surface area is 277 Å². The lowest BCUT2D eigenvalue weighted by Crippen LogP contribution is -2.43. The maximum atomic E-state index is 14.3. The fourth-order valence-electron chi connectivity index (χ4n) is 5.44. The Morgan fingerprint density at radius 2 is 1.85 bits per heavy atom. The van der Waals surface area contributed by atoms with Gasteiger partial charge in [-0.15, -0.1) is 0 Å². The van der Waals surface area contributed by atoms with Crippen molar-refractivity contribution in [1.82, 2.24) is 25.7 Å². The highest BCUT2D eigenvalue weighted by Crippen LogP contribution is 2.48. The Hall–Kier alpha value is -5.22. The predicted molar refractivity (Wildman–Crippen MR) is 175 cm³/mol. The van der Waals surface area contributed by atoms with E-state index in [4.69, 9.17) is 9.84 Å². The van der Waals surface area contributed by atoms with Gasteiger partial charge in [0.15, 0.2) is 9.84 Å². The first kappa shape index (κ1) is 32.7. The van der Waals surface area contributed by atoms with Gasteiger partial charge in [-0.2, -0.15) is 5.10 Å². The number of nitrogens with one attached hydrogen (secondary N) is 3. The molecular weight excluding hydrogens is 637 g/mol. The van der Waals surface area contributed by atoms with E-state index in [0.717, 1.165) is 54.5 Å². The zero-order valence-corrected chi connectivity index (χ0v) is 27.4. The number of ether oxygens (including phenoxy) is 1. The van der Waals surface area contributed by atoms with Crippen LogP contribution in [-0.2, 0) is 31.5 Å². The van der Waals surface area contributed by atoms with Gasteiger partial charge >= 0.3 is 11.8 Å². The van der Waals surface area contributed by atoms with Crippen LogP contribution >= 0.6 is 0 Å². The van der Waals surface area contributed by atoms with Crippen molar-refractivity contribution in [2.75, 3.05) is 13.4 Å². The minimum absolute atomic E-state index is 0.0554. The predicted octanol–water partition coefficient (Wildman–Crippen LogP) is 3.51. The quantitative estimate of drug-likeness (QED) is 0.182. The smallest absolute Gasteiger partial charge is 0.310 e. The largest absolute Gasteiger partial charge is 0.494 e. The normalized spacial score (nSPS) is 15.5. The van der Waals surface area contributed by atoms with Crippen molar-refractivity contribution in [2.45, 2.75) is 61.7 Å². The molecule has 4 aromatic rings. The summed E-state index contributed by atoms with van der Waals surface area (Å²) in [7, 11) is -1.97. The summed E-state index contributed by atoms with van der Waals surface area (Å²) in [6, 6.07) is 13.8. The molecule has 3 amide bonds. The van der Waals surface area contributed by atoms with E-state index in [2.05, 4.69) is 33.9 Å². The minimum atomic E-state index is -3.58. The van der Waals surface area contributed by atoms with Gasteiger partial charge in [-0.1, -0.05) is 30.0 Å². The molecule has 1 heterocycles. The summed E-state index contributed by atoms with van der Waals surface area (Å²) in [5.74, 6) is 2.81. The SMILES string of the molecule is COc1cc(C2(NC(=O)c3ccccc3CNC(=O)C(=O)N[C@@H](C)C#Cc3ccc(S(C)(=O)=O)cc3F)CC2)cc2cn(C3CC3)nc12. The van der Waals surface area contributed by atoms with Crippen molar-refractivity contribution in [1.29, 1.82) is 0 Å². The fraction of sp³-hybridized carbons (Fsp3) is 0.314. The molecule has 0 unspecified atom stereocenters. The molecule has 2 aliphatic carbocycles. The second-order valence-corrected chi connectivity index (χ2v) is 14.2. The molecule has 6 rings (SSSR count). The molecule has 48 heavy (non-hydrogen) atoms. The lowest BCUT2D eigenvalue weighted by atomic mass is 10.0. The van der Waals surface area contributed by atoms with E-state index < -0.39 is 39.0 Å². The van der Waals surface area contributed by atoms with Crippen LogP contribution in [0.1, 0.15) is 65.7 Å². The van der Waals surface area contributed by atoms with Crippen molar-refractivity contribution in [2.24, 2.45) is 0 Å². The second-order valence-electron chi connectivity index (χ2n) is 12.2. The van der Waals surface area contributed by atoms with Gasteiger partial charge in [-0.25, -0.2) is 12.8 Å². The van der Waals surface area contributed by atoms with Crippen LogP contribution in [0.25, 0.3) is 10.9 Å². The maximum Gasteiger partial charge on any atom is 0.310 e. The molecule has 3 aromatic carbocycles. The van der Waals surface area contributed by atoms with Crippen molar-refractivity contribution in [3.63, 3.8) is 0 Å². The topological polar surface area (TPSA) is 148 Å². The summed E-state index contributed by atoms with van der Waals surface area (Å²) in [4.78, 5) is 38.6. The van der Waals surface area contributed by atoms with Crippen LogP contribution in [0.15, 0.2) is 65.7 Å². The average Bonchev–Trinajstić information content (AvgIpc) is 4.00. The third-order valence-electron chi connectivity index (χ3n) is 8.43. The summed E-state index contributed by atoms with van der Waals surface area (Å²) in [5.41, 5.74) is 1.99. The van der Waals surface area contributed by atoms with E-state index in [-0.39, 0.29) is 22.9 Å². The molecule has 11 nitrogen and oxygen atoms in total. The summed E-state index contributed by atoms with van der Waals surface area (Å²) in [5, 5.41) is 13.8. The zero-order chi connectivity index (χ0) is 34.2. The van der Waals surface area contributed by atoms with E-state index >= 15 is 0 Å². The summed E-state index contributed by atoms with van der Waals surface area (Å²) in [6.07, 6.45) is 6.72. The van der Waals surface area contributed by atoms with E-state index in [0.29, 0.717) is 22.9 Å². The van der Waals surface area contributed by atoms with Crippen LogP contribution in [0.4, 0.5) is 4.39 Å². The van der Waals surface area contributed by atoms with Gasteiger partial charge in [-0.3, -0.25) is 19.1 Å². The van der Waals surface area contributed by atoms with Crippen molar-refractivity contribution in [3.05, 3.63) is 88.9 Å². The zero-order valence-electron chi connectivity index (χ0n) is 26.6. The molecule has 2 fully saturated rings. The Morgan fingerprint density at radius 1 is 1.10 bits per heavy atom. The van der Waals surface area contributed by atoms with Crippen LogP contribution in [0, 0.1) is 17.7 Å². The van der Waals surface area contributed by atoms with Gasteiger partial charge in [0.25, 0.3) is 5.91 Å². The summed E-state index contributed by atoms with van der Waals surface area (Å²) < 4.78 is 45.2. The van der Waals surface area contributed by atoms with Gasteiger partial charge in [0, 0.05) is 29.9 Å². The van der Waals surface area contributed by atoms with Crippen LogP contribution in [0.3, 0.4) is 0 Å². The van der Waals surface area contributed by atoms with E-state index in [1.807, 2.05) is 16.9 Å². The van der Waals surface area contributed by atoms with Gasteiger partial charge in [0.2, 0.25) is 0 Å². The van der Waals surface area contributed by atoms with Crippen LogP contribution in [0.5, 0.6) is 5.75 Å². The molecule has 0 aliphatic heterocycles. The number of nitrogens with zero attached hydrogens (tertiary/aromatic N) is 2. The van der Waals surface area contributed by atoms with E-state index in [1.165, 1.54) is 19.1 Å². The number of carbonyl (C=O) groups excluding carboxylic acids is 3. The molecule has 3 N–H and O–H groups in total. The molecule has 2 aliphatic rings. The van der Waals surface area contributed by atoms with E-state index in [1.54, 1.807) is 31.4 Å². The lowest BCUT2D eigenvalue weighted by Gasteiger charge is -2.20. The minimum Gasteiger partial charge on any atom is -0.494 e. The van der Waals surface area contributed by atoms with Crippen molar-refractivity contribution >= 4 is 38.5 Å². The first-order chi connectivity index (χ1) is 22.9. The number of hydrogen-bond donors (Lipinski definition) is 3. The number of benzene rings is 3. The molecule has 248 valence electrons. The Kier molecular flexibility index (Phi) is 8.70. The number of hydrogen-bond acceptors (Lipinski definition) is 7. The Morgan fingerprint density at radius 3 is 2.52 bits per heavy atom. The molecule has 1 atom stereocenters. The number of aromatic nitrogens is 2. The summed E-state index contributed by atoms with van der Waals surface area (Å²) in [6.45, 7) is 1.43. The molecule has 1 aromatic heterocycles. The first-order valence-electron chi connectivity index (χ1n) is 15.4. The molecule has 0 saturated heterocycles. The number of methoxy groups -OCH3 is 1. The second kappa shape index (κ2) is 12.8. The average molecular weight is 672 g/mol. The first-order valence-corrected chi connectivity index (χ1v) is 17.3.